The van der Waals surface area contributed by atoms with Crippen LogP contribution in [-0.2, 0) is 0 Å². The van der Waals surface area contributed by atoms with Crippen LogP contribution in [0.1, 0.15) is 261 Å². The largest absolute Gasteiger partial charge is 0.501 e. The number of hydrogen-bond acceptors (Lipinski definition) is 11. The third kappa shape index (κ3) is 25.5. The van der Waals surface area contributed by atoms with Gasteiger partial charge < -0.3 is 48.1 Å². The van der Waals surface area contributed by atoms with E-state index in [0.717, 1.165) is 205 Å². The zero-order valence-electron chi connectivity index (χ0n) is 46.9. The first kappa shape index (κ1) is 63.9. The molecule has 0 saturated carbocycles. The molecule has 0 saturated heterocycles. The fourth-order valence-corrected chi connectivity index (χ4v) is 9.41. The SMILES string of the molecule is CCCCCCOc1c(O)c(OCCCCCC)c(OCCCCCC)c(Sc2c(OCCCCCC)c(OCCCCCC)c(O)c(OCCCCCC)c2OCCCCCC)c1OCCCCCC. The second-order valence-electron chi connectivity index (χ2n) is 19.4. The Balaban J connectivity index is 3.23. The van der Waals surface area contributed by atoms with Crippen LogP contribution in [0.25, 0.3) is 0 Å². The first-order valence-corrected chi connectivity index (χ1v) is 30.3. The van der Waals surface area contributed by atoms with Gasteiger partial charge in [0, 0.05) is 0 Å². The number of rotatable bonds is 50. The summed E-state index contributed by atoms with van der Waals surface area (Å²) in [6, 6.07) is 0. The molecule has 0 amide bonds. The molecule has 0 spiro atoms. The molecular weight excluding hydrogens is 913 g/mol. The Morgan fingerprint density at radius 2 is 0.380 bits per heavy atom. The van der Waals surface area contributed by atoms with Gasteiger partial charge in [0.15, 0.2) is 23.0 Å². The van der Waals surface area contributed by atoms with Crippen LogP contribution in [-0.4, -0.2) is 63.1 Å². The maximum atomic E-state index is 12.5. The molecule has 0 fully saturated rings. The van der Waals surface area contributed by atoms with Crippen molar-refractivity contribution in [3.63, 3.8) is 0 Å². The molecule has 412 valence electrons. The van der Waals surface area contributed by atoms with E-state index in [1.165, 1.54) is 11.8 Å². The average Bonchev–Trinajstić information content (AvgIpc) is 3.37. The molecule has 11 heteroatoms. The van der Waals surface area contributed by atoms with Gasteiger partial charge in [-0.3, -0.25) is 0 Å². The maximum absolute atomic E-state index is 12.5. The van der Waals surface area contributed by atoms with E-state index in [0.29, 0.717) is 85.6 Å². The van der Waals surface area contributed by atoms with Crippen LogP contribution in [0.4, 0.5) is 0 Å². The van der Waals surface area contributed by atoms with Crippen molar-refractivity contribution in [3.8, 4) is 57.5 Å². The number of aromatic hydroxyl groups is 2. The van der Waals surface area contributed by atoms with Crippen molar-refractivity contribution >= 4 is 11.8 Å². The van der Waals surface area contributed by atoms with Crippen molar-refractivity contribution in [1.29, 1.82) is 0 Å². The van der Waals surface area contributed by atoms with Gasteiger partial charge in [-0.15, -0.1) is 0 Å². The van der Waals surface area contributed by atoms with Crippen molar-refractivity contribution in [2.45, 2.75) is 271 Å². The Kier molecular flexibility index (Phi) is 38.9. The topological polar surface area (TPSA) is 114 Å². The van der Waals surface area contributed by atoms with Crippen molar-refractivity contribution in [2.75, 3.05) is 52.9 Å². The monoisotopic (exact) mass is 1020 g/mol. The molecule has 0 aliphatic heterocycles. The van der Waals surface area contributed by atoms with Crippen molar-refractivity contribution in [2.24, 2.45) is 0 Å². The predicted molar refractivity (Wildman–Crippen MR) is 297 cm³/mol. The minimum atomic E-state index is -0.106. The van der Waals surface area contributed by atoms with E-state index in [4.69, 9.17) is 37.9 Å². The molecule has 0 aliphatic carbocycles. The second-order valence-corrected chi connectivity index (χ2v) is 20.4. The van der Waals surface area contributed by atoms with Crippen LogP contribution in [0.3, 0.4) is 0 Å². The molecule has 0 heterocycles. The van der Waals surface area contributed by atoms with Gasteiger partial charge in [-0.2, -0.15) is 0 Å². The zero-order chi connectivity index (χ0) is 51.6. The number of unbranched alkanes of at least 4 members (excludes halogenated alkanes) is 24. The fourth-order valence-electron chi connectivity index (χ4n) is 8.23. The Morgan fingerprint density at radius 1 is 0.225 bits per heavy atom. The van der Waals surface area contributed by atoms with E-state index in [9.17, 15) is 10.2 Å². The highest BCUT2D eigenvalue weighted by molar-refractivity contribution is 7.99. The summed E-state index contributed by atoms with van der Waals surface area (Å²) in [6.07, 6.45) is 32.4. The molecule has 0 bridgehead atoms. The molecule has 0 aliphatic rings. The van der Waals surface area contributed by atoms with Gasteiger partial charge in [-0.25, -0.2) is 0 Å². The van der Waals surface area contributed by atoms with Crippen molar-refractivity contribution in [3.05, 3.63) is 0 Å². The van der Waals surface area contributed by atoms with Gasteiger partial charge >= 0.3 is 0 Å². The molecule has 2 aromatic rings. The average molecular weight is 1020 g/mol. The highest BCUT2D eigenvalue weighted by Gasteiger charge is 2.35. The number of phenols is 2. The molecule has 10 nitrogen and oxygen atoms in total. The molecule has 2 N–H and O–H groups in total. The lowest BCUT2D eigenvalue weighted by molar-refractivity contribution is 0.214. The fraction of sp³-hybridized carbons (Fsp3) is 0.800. The van der Waals surface area contributed by atoms with E-state index in [2.05, 4.69) is 55.4 Å². The predicted octanol–water partition coefficient (Wildman–Crippen LogP) is 18.9. The normalized spacial score (nSPS) is 11.3. The van der Waals surface area contributed by atoms with Crippen molar-refractivity contribution in [1.82, 2.24) is 0 Å². The third-order valence-corrected chi connectivity index (χ3v) is 13.8. The number of benzene rings is 2. The van der Waals surface area contributed by atoms with Crippen LogP contribution in [0, 0.1) is 0 Å². The lowest BCUT2D eigenvalue weighted by Crippen LogP contribution is -2.11. The minimum Gasteiger partial charge on any atom is -0.501 e. The van der Waals surface area contributed by atoms with Crippen LogP contribution in [0.15, 0.2) is 9.79 Å². The standard InChI is InChI=1S/C60H106O10S/c1-9-17-25-33-41-63-51-49(61)52(64-42-34-26-18-10-2)56(68-46-38-30-22-14-6)59(55(51)67-45-37-29-21-13-5)71-60-57(69-47-39-31-23-15-7)53(65-43-35-27-19-11-3)50(62)54(66-44-36-28-20-12-4)58(60)70-48-40-32-24-16-8/h61-62H,9-48H2,1-8H3. The molecule has 0 unspecified atom stereocenters. The van der Waals surface area contributed by atoms with Crippen LogP contribution in [0.2, 0.25) is 0 Å². The Hall–Kier alpha value is -3.21. The summed E-state index contributed by atoms with van der Waals surface area (Å²) in [6.45, 7) is 20.9. The summed E-state index contributed by atoms with van der Waals surface area (Å²) in [5.74, 6) is 2.42. The van der Waals surface area contributed by atoms with Gasteiger partial charge in [-0.1, -0.05) is 221 Å². The van der Waals surface area contributed by atoms with Crippen molar-refractivity contribution < 1.29 is 48.1 Å². The Bertz CT molecular complexity index is 1380. The number of ether oxygens (including phenoxy) is 8. The molecule has 0 atom stereocenters. The van der Waals surface area contributed by atoms with Gasteiger partial charge in [0.2, 0.25) is 34.5 Å². The first-order valence-electron chi connectivity index (χ1n) is 29.5. The maximum Gasteiger partial charge on any atom is 0.208 e. The molecule has 0 aromatic heterocycles. The Labute approximate surface area is 439 Å². The summed E-state index contributed by atoms with van der Waals surface area (Å²) >= 11 is 1.39. The minimum absolute atomic E-state index is 0.106. The van der Waals surface area contributed by atoms with Crippen LogP contribution < -0.4 is 37.9 Å². The van der Waals surface area contributed by atoms with E-state index in [1.807, 2.05) is 0 Å². The summed E-state index contributed by atoms with van der Waals surface area (Å²) < 4.78 is 54.5. The van der Waals surface area contributed by atoms with Crippen LogP contribution >= 0.6 is 11.8 Å². The molecule has 71 heavy (non-hydrogen) atoms. The van der Waals surface area contributed by atoms with E-state index < -0.39 is 0 Å². The zero-order valence-corrected chi connectivity index (χ0v) is 47.7. The van der Waals surface area contributed by atoms with Crippen LogP contribution in [0.5, 0.6) is 57.5 Å². The number of hydrogen-bond donors (Lipinski definition) is 2. The third-order valence-electron chi connectivity index (χ3n) is 12.7. The molecule has 0 radical (unpaired) electrons. The van der Waals surface area contributed by atoms with Gasteiger partial charge in [0.1, 0.15) is 9.79 Å². The van der Waals surface area contributed by atoms with Gasteiger partial charge in [0.05, 0.1) is 52.9 Å². The quantitative estimate of drug-likeness (QED) is 0.0618. The highest BCUT2D eigenvalue weighted by Crippen LogP contribution is 2.63. The smallest absolute Gasteiger partial charge is 0.208 e. The van der Waals surface area contributed by atoms with E-state index in [1.54, 1.807) is 0 Å². The molecular formula is C60H106O10S. The lowest BCUT2D eigenvalue weighted by Gasteiger charge is -2.27. The van der Waals surface area contributed by atoms with E-state index in [-0.39, 0.29) is 34.5 Å². The first-order chi connectivity index (χ1) is 34.9. The van der Waals surface area contributed by atoms with Gasteiger partial charge in [0.25, 0.3) is 0 Å². The van der Waals surface area contributed by atoms with E-state index >= 15 is 0 Å². The van der Waals surface area contributed by atoms with Gasteiger partial charge in [-0.05, 0) is 51.4 Å². The summed E-state index contributed by atoms with van der Waals surface area (Å²) in [5.41, 5.74) is 0. The summed E-state index contributed by atoms with van der Waals surface area (Å²) in [7, 11) is 0. The molecule has 2 rings (SSSR count). The second kappa shape index (κ2) is 43.2. The highest BCUT2D eigenvalue weighted by atomic mass is 32.2. The lowest BCUT2D eigenvalue weighted by atomic mass is 10.2. The summed E-state index contributed by atoms with van der Waals surface area (Å²) in [5, 5.41) is 25.0. The molecule has 2 aromatic carbocycles. The summed E-state index contributed by atoms with van der Waals surface area (Å²) in [4.78, 5) is 1.20. The number of phenolic OH excluding ortho intramolecular Hbond substituents is 2. The Morgan fingerprint density at radius 3 is 0.535 bits per heavy atom.